The van der Waals surface area contributed by atoms with Crippen molar-refractivity contribution in [3.05, 3.63) is 0 Å². The van der Waals surface area contributed by atoms with E-state index in [0.717, 1.165) is 19.0 Å². The summed E-state index contributed by atoms with van der Waals surface area (Å²) in [6.45, 7) is 20.3. The molecule has 1 aliphatic heterocycles. The fourth-order valence-corrected chi connectivity index (χ4v) is 3.07. The largest absolute Gasteiger partial charge is 0.315 e. The first-order valence-electron chi connectivity index (χ1n) is 8.61. The Morgan fingerprint density at radius 2 is 1.65 bits per heavy atom. The highest BCUT2D eigenvalue weighted by Gasteiger charge is 2.26. The molecule has 0 saturated carbocycles. The SMILES string of the molecule is CC(C)(C)CCNCCN1CCCC(C(C)(C)C)CC1. The average Bonchev–Trinajstić information content (AvgIpc) is 2.52. The molecule has 120 valence electrons. The van der Waals surface area contributed by atoms with Crippen LogP contribution in [-0.4, -0.2) is 37.6 Å². The van der Waals surface area contributed by atoms with Crippen molar-refractivity contribution in [2.45, 2.75) is 67.2 Å². The first kappa shape index (κ1) is 18.0. The number of hydrogen-bond acceptors (Lipinski definition) is 2. The van der Waals surface area contributed by atoms with Crippen molar-refractivity contribution < 1.29 is 0 Å². The van der Waals surface area contributed by atoms with Gasteiger partial charge in [0.2, 0.25) is 0 Å². The lowest BCUT2D eigenvalue weighted by atomic mass is 9.77. The van der Waals surface area contributed by atoms with E-state index in [9.17, 15) is 0 Å². The molecule has 1 saturated heterocycles. The Hall–Kier alpha value is -0.0800. The standard InChI is InChI=1S/C18H38N2/c1-17(2,3)10-11-19-12-15-20-13-7-8-16(9-14-20)18(4,5)6/h16,19H,7-15H2,1-6H3. The van der Waals surface area contributed by atoms with Gasteiger partial charge in [-0.05, 0) is 62.1 Å². The summed E-state index contributed by atoms with van der Waals surface area (Å²) in [6, 6.07) is 0. The molecule has 1 fully saturated rings. The van der Waals surface area contributed by atoms with Crippen molar-refractivity contribution in [1.82, 2.24) is 10.2 Å². The summed E-state index contributed by atoms with van der Waals surface area (Å²) in [4.78, 5) is 2.66. The van der Waals surface area contributed by atoms with E-state index in [-0.39, 0.29) is 0 Å². The second-order valence-corrected chi connectivity index (χ2v) is 8.90. The van der Waals surface area contributed by atoms with Gasteiger partial charge in [0.05, 0.1) is 0 Å². The Bertz CT molecular complexity index is 260. The van der Waals surface area contributed by atoms with Crippen LogP contribution in [0, 0.1) is 16.7 Å². The van der Waals surface area contributed by atoms with Crippen molar-refractivity contribution in [3.63, 3.8) is 0 Å². The van der Waals surface area contributed by atoms with Crippen LogP contribution in [0.1, 0.15) is 67.2 Å². The van der Waals surface area contributed by atoms with E-state index >= 15 is 0 Å². The zero-order valence-corrected chi connectivity index (χ0v) is 14.9. The summed E-state index contributed by atoms with van der Waals surface area (Å²) in [5.74, 6) is 0.904. The minimum atomic E-state index is 0.454. The van der Waals surface area contributed by atoms with Crippen LogP contribution in [-0.2, 0) is 0 Å². The van der Waals surface area contributed by atoms with Crippen LogP contribution < -0.4 is 5.32 Å². The maximum Gasteiger partial charge on any atom is 0.0107 e. The third-order valence-electron chi connectivity index (χ3n) is 4.70. The highest BCUT2D eigenvalue weighted by molar-refractivity contribution is 4.79. The zero-order valence-electron chi connectivity index (χ0n) is 14.9. The molecule has 0 radical (unpaired) electrons. The van der Waals surface area contributed by atoms with Gasteiger partial charge in [0, 0.05) is 13.1 Å². The van der Waals surface area contributed by atoms with Gasteiger partial charge in [0.1, 0.15) is 0 Å². The van der Waals surface area contributed by atoms with Crippen LogP contribution in [0.15, 0.2) is 0 Å². The van der Waals surface area contributed by atoms with Crippen molar-refractivity contribution in [2.24, 2.45) is 16.7 Å². The van der Waals surface area contributed by atoms with Gasteiger partial charge in [0.15, 0.2) is 0 Å². The van der Waals surface area contributed by atoms with E-state index in [2.05, 4.69) is 51.8 Å². The second kappa shape index (κ2) is 7.79. The van der Waals surface area contributed by atoms with Crippen molar-refractivity contribution >= 4 is 0 Å². The molecule has 20 heavy (non-hydrogen) atoms. The molecule has 1 N–H and O–H groups in total. The predicted molar refractivity (Wildman–Crippen MR) is 90.2 cm³/mol. The number of hydrogen-bond donors (Lipinski definition) is 1. The third kappa shape index (κ3) is 7.64. The third-order valence-corrected chi connectivity index (χ3v) is 4.70. The average molecular weight is 283 g/mol. The molecule has 0 amide bonds. The summed E-state index contributed by atoms with van der Waals surface area (Å²) in [6.07, 6.45) is 5.44. The fraction of sp³-hybridized carbons (Fsp3) is 1.00. The molecule has 1 aliphatic rings. The van der Waals surface area contributed by atoms with Gasteiger partial charge >= 0.3 is 0 Å². The Morgan fingerprint density at radius 1 is 0.950 bits per heavy atom. The minimum absolute atomic E-state index is 0.454. The molecule has 2 nitrogen and oxygen atoms in total. The summed E-state index contributed by atoms with van der Waals surface area (Å²) in [5.41, 5.74) is 0.941. The van der Waals surface area contributed by atoms with E-state index in [4.69, 9.17) is 0 Å². The summed E-state index contributed by atoms with van der Waals surface area (Å²) < 4.78 is 0. The quantitative estimate of drug-likeness (QED) is 0.762. The number of rotatable bonds is 5. The lowest BCUT2D eigenvalue weighted by Gasteiger charge is -2.29. The highest BCUT2D eigenvalue weighted by atomic mass is 15.1. The van der Waals surface area contributed by atoms with Crippen LogP contribution in [0.25, 0.3) is 0 Å². The molecule has 1 unspecified atom stereocenters. The lowest BCUT2D eigenvalue weighted by molar-refractivity contribution is 0.208. The molecule has 0 aromatic carbocycles. The molecule has 0 aromatic heterocycles. The fourth-order valence-electron chi connectivity index (χ4n) is 3.07. The lowest BCUT2D eigenvalue weighted by Crippen LogP contribution is -2.34. The van der Waals surface area contributed by atoms with Gasteiger partial charge in [-0.15, -0.1) is 0 Å². The summed E-state index contributed by atoms with van der Waals surface area (Å²) >= 11 is 0. The molecule has 0 aromatic rings. The minimum Gasteiger partial charge on any atom is -0.315 e. The first-order valence-corrected chi connectivity index (χ1v) is 8.61. The van der Waals surface area contributed by atoms with Crippen LogP contribution in [0.2, 0.25) is 0 Å². The Kier molecular flexibility index (Phi) is 7.00. The predicted octanol–water partition coefficient (Wildman–Crippen LogP) is 4.16. The number of nitrogens with zero attached hydrogens (tertiary/aromatic N) is 1. The van der Waals surface area contributed by atoms with Gasteiger partial charge < -0.3 is 10.2 Å². The van der Waals surface area contributed by atoms with Gasteiger partial charge in [-0.2, -0.15) is 0 Å². The van der Waals surface area contributed by atoms with Crippen LogP contribution in [0.3, 0.4) is 0 Å². The zero-order chi connectivity index (χ0) is 15.2. The van der Waals surface area contributed by atoms with E-state index in [1.165, 1.54) is 45.3 Å². The molecule has 2 heteroatoms. The van der Waals surface area contributed by atoms with Crippen LogP contribution >= 0.6 is 0 Å². The van der Waals surface area contributed by atoms with Gasteiger partial charge in [-0.3, -0.25) is 0 Å². The topological polar surface area (TPSA) is 15.3 Å². The van der Waals surface area contributed by atoms with Crippen molar-refractivity contribution in [1.29, 1.82) is 0 Å². The van der Waals surface area contributed by atoms with Crippen molar-refractivity contribution in [2.75, 3.05) is 32.7 Å². The van der Waals surface area contributed by atoms with Gasteiger partial charge in [-0.1, -0.05) is 41.5 Å². The normalized spacial score (nSPS) is 22.8. The van der Waals surface area contributed by atoms with E-state index in [1.54, 1.807) is 0 Å². The Balaban J connectivity index is 2.16. The van der Waals surface area contributed by atoms with E-state index in [0.29, 0.717) is 10.8 Å². The first-order chi connectivity index (χ1) is 9.18. The molecule has 1 rings (SSSR count). The van der Waals surface area contributed by atoms with E-state index in [1.807, 2.05) is 0 Å². The summed E-state index contributed by atoms with van der Waals surface area (Å²) in [7, 11) is 0. The number of nitrogens with one attached hydrogen (secondary N) is 1. The Morgan fingerprint density at radius 3 is 2.25 bits per heavy atom. The smallest absolute Gasteiger partial charge is 0.0107 e. The Labute approximate surface area is 127 Å². The second-order valence-electron chi connectivity index (χ2n) is 8.90. The van der Waals surface area contributed by atoms with Gasteiger partial charge in [-0.25, -0.2) is 0 Å². The van der Waals surface area contributed by atoms with E-state index < -0.39 is 0 Å². The maximum atomic E-state index is 3.61. The van der Waals surface area contributed by atoms with Crippen molar-refractivity contribution in [3.8, 4) is 0 Å². The number of likely N-dealkylation sites (tertiary alicyclic amines) is 1. The van der Waals surface area contributed by atoms with Crippen LogP contribution in [0.5, 0.6) is 0 Å². The van der Waals surface area contributed by atoms with Crippen LogP contribution in [0.4, 0.5) is 0 Å². The maximum absolute atomic E-state index is 3.61. The summed E-state index contributed by atoms with van der Waals surface area (Å²) in [5, 5.41) is 3.61. The molecule has 0 spiro atoms. The molecular weight excluding hydrogens is 244 g/mol. The van der Waals surface area contributed by atoms with Gasteiger partial charge in [0.25, 0.3) is 0 Å². The molecule has 1 atom stereocenters. The molecule has 0 aliphatic carbocycles. The monoisotopic (exact) mass is 282 g/mol. The molecule has 0 bridgehead atoms. The molecule has 1 heterocycles. The molecular formula is C18H38N2. The highest BCUT2D eigenvalue weighted by Crippen LogP contribution is 2.34.